The summed E-state index contributed by atoms with van der Waals surface area (Å²) in [5.41, 5.74) is 2.19. The quantitative estimate of drug-likeness (QED) is 0.444. The van der Waals surface area contributed by atoms with Crippen LogP contribution in [0.5, 0.6) is 0 Å². The van der Waals surface area contributed by atoms with Crippen LogP contribution in [0, 0.1) is 0 Å². The van der Waals surface area contributed by atoms with E-state index >= 15 is 0 Å². The van der Waals surface area contributed by atoms with Crippen molar-refractivity contribution in [2.24, 2.45) is 0 Å². The molecule has 1 N–H and O–H groups in total. The Bertz CT molecular complexity index is 1220. The Hall–Kier alpha value is -3.34. The lowest BCUT2D eigenvalue weighted by molar-refractivity contribution is -0.130. The summed E-state index contributed by atoms with van der Waals surface area (Å²) in [7, 11) is 0. The number of rotatable bonds is 6. The highest BCUT2D eigenvalue weighted by Crippen LogP contribution is 2.42. The maximum absolute atomic E-state index is 13.2. The van der Waals surface area contributed by atoms with Gasteiger partial charge >= 0.3 is 0 Å². The number of nitrogens with zero attached hydrogens (tertiary/aromatic N) is 1. The molecule has 0 spiro atoms. The summed E-state index contributed by atoms with van der Waals surface area (Å²) in [6, 6.07) is 22.7. The van der Waals surface area contributed by atoms with Gasteiger partial charge in [0.05, 0.1) is 11.6 Å². The first-order chi connectivity index (χ1) is 15.5. The summed E-state index contributed by atoms with van der Waals surface area (Å²) < 4.78 is 0. The number of benzene rings is 3. The van der Waals surface area contributed by atoms with Gasteiger partial charge in [0.1, 0.15) is 0 Å². The Morgan fingerprint density at radius 3 is 2.28 bits per heavy atom. The average Bonchev–Trinajstić information content (AvgIpc) is 3.04. The monoisotopic (exact) mass is 463 g/mol. The smallest absolute Gasteiger partial charge is 0.290 e. The second-order valence-corrected chi connectivity index (χ2v) is 8.20. The van der Waals surface area contributed by atoms with Gasteiger partial charge in [0, 0.05) is 16.6 Å². The second-order valence-electron chi connectivity index (χ2n) is 7.36. The van der Waals surface area contributed by atoms with Gasteiger partial charge in [0.25, 0.3) is 5.91 Å². The van der Waals surface area contributed by atoms with Crippen molar-refractivity contribution < 1.29 is 14.7 Å². The van der Waals surface area contributed by atoms with Crippen molar-refractivity contribution in [3.63, 3.8) is 0 Å². The maximum atomic E-state index is 13.2. The summed E-state index contributed by atoms with van der Waals surface area (Å²) in [6.07, 6.45) is 3.00. The molecule has 0 aromatic heterocycles. The number of hydrogen-bond donors (Lipinski definition) is 1. The zero-order valence-corrected chi connectivity index (χ0v) is 18.4. The van der Waals surface area contributed by atoms with E-state index in [4.69, 9.17) is 23.2 Å². The molecule has 0 saturated heterocycles. The van der Waals surface area contributed by atoms with Crippen LogP contribution in [0.3, 0.4) is 0 Å². The third kappa shape index (κ3) is 4.47. The molecule has 1 atom stereocenters. The average molecular weight is 464 g/mol. The van der Waals surface area contributed by atoms with Crippen molar-refractivity contribution in [3.8, 4) is 0 Å². The number of aliphatic hydroxyl groups excluding tert-OH is 1. The zero-order chi connectivity index (χ0) is 22.7. The maximum Gasteiger partial charge on any atom is 0.290 e. The minimum absolute atomic E-state index is 0.0117. The first kappa shape index (κ1) is 21.9. The number of aliphatic hydroxyl groups is 1. The standard InChI is InChI=1S/C26H19Cl2NO3/c27-19-12-13-20(21(28)15-19)24-23(22(30)14-11-17-7-3-1-4-8-17)25(31)26(32)29(24)16-18-9-5-2-6-10-18/h1-15,24,31H,16H2. The molecule has 160 valence electrons. The van der Waals surface area contributed by atoms with E-state index in [1.807, 2.05) is 60.7 Å². The van der Waals surface area contributed by atoms with Crippen molar-refractivity contribution in [1.29, 1.82) is 0 Å². The topological polar surface area (TPSA) is 57.6 Å². The molecule has 1 unspecified atom stereocenters. The molecule has 1 aliphatic rings. The molecule has 0 radical (unpaired) electrons. The Morgan fingerprint density at radius 1 is 0.969 bits per heavy atom. The molecule has 1 aliphatic heterocycles. The van der Waals surface area contributed by atoms with E-state index in [1.165, 1.54) is 11.0 Å². The molecule has 4 nitrogen and oxygen atoms in total. The predicted octanol–water partition coefficient (Wildman–Crippen LogP) is 6.17. The lowest BCUT2D eigenvalue weighted by Gasteiger charge is -2.27. The Morgan fingerprint density at radius 2 is 1.62 bits per heavy atom. The number of halogens is 2. The van der Waals surface area contributed by atoms with Gasteiger partial charge in [-0.15, -0.1) is 0 Å². The summed E-state index contributed by atoms with van der Waals surface area (Å²) in [6.45, 7) is 0.201. The van der Waals surface area contributed by atoms with Gasteiger partial charge in [0.2, 0.25) is 0 Å². The van der Waals surface area contributed by atoms with Crippen LogP contribution in [-0.2, 0) is 16.1 Å². The molecule has 0 aliphatic carbocycles. The van der Waals surface area contributed by atoms with Crippen LogP contribution in [0.25, 0.3) is 6.08 Å². The molecule has 0 saturated carbocycles. The molecule has 6 heteroatoms. The number of amides is 1. The zero-order valence-electron chi connectivity index (χ0n) is 16.9. The van der Waals surface area contributed by atoms with Gasteiger partial charge in [-0.1, -0.05) is 96.0 Å². The normalized spacial score (nSPS) is 16.2. The van der Waals surface area contributed by atoms with Gasteiger partial charge in [-0.3, -0.25) is 9.59 Å². The van der Waals surface area contributed by atoms with Gasteiger partial charge in [0.15, 0.2) is 11.5 Å². The van der Waals surface area contributed by atoms with E-state index in [0.29, 0.717) is 15.6 Å². The first-order valence-electron chi connectivity index (χ1n) is 9.96. The summed E-state index contributed by atoms with van der Waals surface area (Å²) in [5, 5.41) is 11.5. The molecule has 1 amide bonds. The van der Waals surface area contributed by atoms with E-state index in [0.717, 1.165) is 11.1 Å². The van der Waals surface area contributed by atoms with Crippen LogP contribution in [-0.4, -0.2) is 21.7 Å². The molecule has 3 aromatic rings. The van der Waals surface area contributed by atoms with E-state index in [1.54, 1.807) is 24.3 Å². The Kier molecular flexibility index (Phi) is 6.45. The molecule has 4 rings (SSSR count). The van der Waals surface area contributed by atoms with Crippen molar-refractivity contribution in [2.45, 2.75) is 12.6 Å². The number of carbonyl (C=O) groups excluding carboxylic acids is 2. The van der Waals surface area contributed by atoms with E-state index in [-0.39, 0.29) is 12.1 Å². The van der Waals surface area contributed by atoms with Crippen molar-refractivity contribution in [2.75, 3.05) is 0 Å². The Balaban J connectivity index is 1.76. The fraction of sp³-hybridized carbons (Fsp3) is 0.0769. The molecule has 0 fully saturated rings. The second kappa shape index (κ2) is 9.43. The Labute approximate surface area is 196 Å². The van der Waals surface area contributed by atoms with Gasteiger partial charge < -0.3 is 10.0 Å². The highest BCUT2D eigenvalue weighted by Gasteiger charge is 2.43. The van der Waals surface area contributed by atoms with Crippen LogP contribution in [0.1, 0.15) is 22.7 Å². The lowest BCUT2D eigenvalue weighted by Crippen LogP contribution is -2.30. The number of carbonyl (C=O) groups is 2. The van der Waals surface area contributed by atoms with Crippen LogP contribution < -0.4 is 0 Å². The molecule has 32 heavy (non-hydrogen) atoms. The van der Waals surface area contributed by atoms with Crippen LogP contribution in [0.15, 0.2) is 96.3 Å². The van der Waals surface area contributed by atoms with Crippen molar-refractivity contribution >= 4 is 41.0 Å². The van der Waals surface area contributed by atoms with E-state index in [2.05, 4.69) is 0 Å². The fourth-order valence-electron chi connectivity index (χ4n) is 3.72. The third-order valence-corrected chi connectivity index (χ3v) is 5.81. The summed E-state index contributed by atoms with van der Waals surface area (Å²) in [5.74, 6) is -1.66. The minimum atomic E-state index is -0.847. The van der Waals surface area contributed by atoms with E-state index < -0.39 is 23.5 Å². The predicted molar refractivity (Wildman–Crippen MR) is 126 cm³/mol. The SMILES string of the molecule is O=C(C=Cc1ccccc1)C1=C(O)C(=O)N(Cc2ccccc2)C1c1ccc(Cl)cc1Cl. The first-order valence-corrected chi connectivity index (χ1v) is 10.7. The van der Waals surface area contributed by atoms with Crippen molar-refractivity contribution in [3.05, 3.63) is 123 Å². The van der Waals surface area contributed by atoms with E-state index in [9.17, 15) is 14.7 Å². The number of hydrogen-bond acceptors (Lipinski definition) is 3. The van der Waals surface area contributed by atoms with Crippen molar-refractivity contribution in [1.82, 2.24) is 4.90 Å². The fourth-order valence-corrected chi connectivity index (χ4v) is 4.23. The molecular weight excluding hydrogens is 445 g/mol. The molecule has 0 bridgehead atoms. The highest BCUT2D eigenvalue weighted by molar-refractivity contribution is 6.35. The molecule has 1 heterocycles. The summed E-state index contributed by atoms with van der Waals surface area (Å²) in [4.78, 5) is 27.7. The lowest BCUT2D eigenvalue weighted by atomic mass is 9.95. The van der Waals surface area contributed by atoms with Crippen LogP contribution in [0.2, 0.25) is 10.0 Å². The van der Waals surface area contributed by atoms with Gasteiger partial charge in [-0.25, -0.2) is 0 Å². The third-order valence-electron chi connectivity index (χ3n) is 5.25. The van der Waals surface area contributed by atoms with Crippen LogP contribution in [0.4, 0.5) is 0 Å². The van der Waals surface area contributed by atoms with Gasteiger partial charge in [-0.2, -0.15) is 0 Å². The summed E-state index contributed by atoms with van der Waals surface area (Å²) >= 11 is 12.5. The molecular formula is C26H19Cl2NO3. The van der Waals surface area contributed by atoms with Gasteiger partial charge in [-0.05, 0) is 34.9 Å². The highest BCUT2D eigenvalue weighted by atomic mass is 35.5. The minimum Gasteiger partial charge on any atom is -0.503 e. The molecule has 3 aromatic carbocycles. The van der Waals surface area contributed by atoms with Crippen LogP contribution >= 0.6 is 23.2 Å². The number of ketones is 1. The largest absolute Gasteiger partial charge is 0.503 e. The number of allylic oxidation sites excluding steroid dienone is 1.